The highest BCUT2D eigenvalue weighted by Gasteiger charge is 2.24. The van der Waals surface area contributed by atoms with E-state index in [9.17, 15) is 4.55 Å². The van der Waals surface area contributed by atoms with Gasteiger partial charge in [0.25, 0.3) is 0 Å². The number of rotatable bonds is 3. The zero-order valence-electron chi connectivity index (χ0n) is 11.1. The van der Waals surface area contributed by atoms with E-state index in [0.717, 1.165) is 10.4 Å². The molecule has 0 spiro atoms. The fraction of sp³-hybridized carbons (Fsp3) is 0.308. The minimum Gasteiger partial charge on any atom is -0.593 e. The lowest BCUT2D eigenvalue weighted by atomic mass is 10.1. The van der Waals surface area contributed by atoms with Crippen LogP contribution in [0.25, 0.3) is 10.4 Å². The number of anilines is 1. The first-order valence-electron chi connectivity index (χ1n) is 5.85. The molecule has 0 bridgehead atoms. The van der Waals surface area contributed by atoms with Crippen LogP contribution < -0.4 is 10.5 Å². The summed E-state index contributed by atoms with van der Waals surface area (Å²) in [5, 5.41) is 0. The quantitative estimate of drug-likeness (QED) is 0.674. The van der Waals surface area contributed by atoms with Gasteiger partial charge in [-0.05, 0) is 32.9 Å². The van der Waals surface area contributed by atoms with Crippen LogP contribution in [-0.4, -0.2) is 15.1 Å². The number of aromatic nitrogens is 1. The summed E-state index contributed by atoms with van der Waals surface area (Å²) in [6.45, 7) is 5.93. The Morgan fingerprint density at radius 2 is 2.11 bits per heavy atom. The van der Waals surface area contributed by atoms with Gasteiger partial charge in [-0.3, -0.25) is 4.98 Å². The normalized spacial score (nSPS) is 13.5. The molecule has 0 amide bonds. The van der Waals surface area contributed by atoms with Crippen molar-refractivity contribution >= 4 is 28.4 Å². The van der Waals surface area contributed by atoms with Crippen molar-refractivity contribution in [1.82, 2.24) is 9.71 Å². The summed E-state index contributed by atoms with van der Waals surface area (Å²) < 4.78 is 15.5. The smallest absolute Gasteiger partial charge is 0.184 e. The van der Waals surface area contributed by atoms with Gasteiger partial charge in [0.05, 0.1) is 32.9 Å². The fourth-order valence-electron chi connectivity index (χ4n) is 1.58. The topological polar surface area (TPSA) is 74.0 Å². The molecule has 0 aliphatic carbocycles. The summed E-state index contributed by atoms with van der Waals surface area (Å²) >= 11 is 0.207. The number of nitrogens with two attached hydrogens (primary N) is 1. The monoisotopic (exact) mass is 295 g/mol. The molecule has 2 rings (SSSR count). The highest BCUT2D eigenvalue weighted by molar-refractivity contribution is 7.89. The fourth-order valence-corrected chi connectivity index (χ4v) is 3.59. The first-order valence-corrected chi connectivity index (χ1v) is 7.88. The van der Waals surface area contributed by atoms with Crippen LogP contribution in [0.1, 0.15) is 20.8 Å². The number of nitrogens with zero attached hydrogens (tertiary/aromatic N) is 1. The molecule has 0 aliphatic heterocycles. The Labute approximate surface area is 120 Å². The van der Waals surface area contributed by atoms with E-state index < -0.39 is 11.4 Å². The third-order valence-electron chi connectivity index (χ3n) is 2.30. The van der Waals surface area contributed by atoms with Crippen molar-refractivity contribution in [3.05, 3.63) is 29.9 Å². The molecule has 0 fully saturated rings. The number of hydrogen-bond acceptors (Lipinski definition) is 5. The summed E-state index contributed by atoms with van der Waals surface area (Å²) in [4.78, 5) is 5.74. The lowest BCUT2D eigenvalue weighted by molar-refractivity contribution is 0.491. The van der Waals surface area contributed by atoms with Gasteiger partial charge < -0.3 is 10.3 Å². The zero-order valence-corrected chi connectivity index (χ0v) is 12.8. The molecule has 1 atom stereocenters. The first kappa shape index (κ1) is 14.3. The number of benzene rings is 1. The van der Waals surface area contributed by atoms with Crippen molar-refractivity contribution in [3.8, 4) is 10.4 Å². The van der Waals surface area contributed by atoms with E-state index in [4.69, 9.17) is 5.73 Å². The van der Waals surface area contributed by atoms with Crippen LogP contribution in [-0.2, 0) is 11.4 Å². The molecule has 102 valence electrons. The van der Waals surface area contributed by atoms with Crippen LogP contribution in [0.4, 0.5) is 5.69 Å². The minimum absolute atomic E-state index is 0.236. The third-order valence-corrected chi connectivity index (χ3v) is 4.64. The summed E-state index contributed by atoms with van der Waals surface area (Å²) in [6, 6.07) is 5.46. The molecule has 19 heavy (non-hydrogen) atoms. The molecule has 0 radical (unpaired) electrons. The SMILES string of the molecule is CC(C)(C)N[S+]([O-])c1cc(N)ccc1-c1cncs1. The first-order chi connectivity index (χ1) is 8.87. The Morgan fingerprint density at radius 1 is 1.37 bits per heavy atom. The van der Waals surface area contributed by atoms with Gasteiger partial charge >= 0.3 is 0 Å². The van der Waals surface area contributed by atoms with Crippen LogP contribution in [0.3, 0.4) is 0 Å². The van der Waals surface area contributed by atoms with E-state index in [1.165, 1.54) is 11.3 Å². The van der Waals surface area contributed by atoms with Crippen LogP contribution in [0.15, 0.2) is 34.8 Å². The molecule has 2 aromatic rings. The van der Waals surface area contributed by atoms with Gasteiger partial charge in [-0.1, -0.05) is 0 Å². The van der Waals surface area contributed by atoms with Crippen molar-refractivity contribution in [1.29, 1.82) is 0 Å². The molecule has 4 nitrogen and oxygen atoms in total. The maximum atomic E-state index is 12.5. The maximum Gasteiger partial charge on any atom is 0.184 e. The molecule has 1 unspecified atom stereocenters. The number of thiazole rings is 1. The third kappa shape index (κ3) is 3.70. The summed E-state index contributed by atoms with van der Waals surface area (Å²) in [5.74, 6) is 0. The van der Waals surface area contributed by atoms with E-state index in [0.29, 0.717) is 10.6 Å². The Hall–Kier alpha value is -1.08. The van der Waals surface area contributed by atoms with Crippen molar-refractivity contribution in [2.75, 3.05) is 5.73 Å². The van der Waals surface area contributed by atoms with E-state index in [1.807, 2.05) is 32.9 Å². The van der Waals surface area contributed by atoms with Gasteiger partial charge in [0.1, 0.15) is 0 Å². The Balaban J connectivity index is 2.41. The zero-order chi connectivity index (χ0) is 14.0. The molecule has 1 aromatic carbocycles. The average Bonchev–Trinajstić information content (AvgIpc) is 2.80. The number of nitrogens with one attached hydrogen (secondary N) is 1. The van der Waals surface area contributed by atoms with Crippen molar-refractivity contribution in [2.45, 2.75) is 31.2 Å². The van der Waals surface area contributed by atoms with Crippen LogP contribution >= 0.6 is 11.3 Å². The number of nitrogen functional groups attached to an aromatic ring is 1. The van der Waals surface area contributed by atoms with Gasteiger partial charge in [-0.25, -0.2) is 0 Å². The second-order valence-corrected chi connectivity index (χ2v) is 7.31. The van der Waals surface area contributed by atoms with Crippen LogP contribution in [0, 0.1) is 0 Å². The molecular weight excluding hydrogens is 278 g/mol. The van der Waals surface area contributed by atoms with Gasteiger partial charge in [0.15, 0.2) is 4.90 Å². The predicted molar refractivity (Wildman–Crippen MR) is 81.3 cm³/mol. The van der Waals surface area contributed by atoms with E-state index in [-0.39, 0.29) is 5.54 Å². The van der Waals surface area contributed by atoms with Gasteiger partial charge in [-0.2, -0.15) is 0 Å². The lowest BCUT2D eigenvalue weighted by Crippen LogP contribution is -2.40. The average molecular weight is 295 g/mol. The molecule has 3 N–H and O–H groups in total. The van der Waals surface area contributed by atoms with E-state index in [1.54, 1.807) is 17.8 Å². The second-order valence-electron chi connectivity index (χ2n) is 5.24. The Morgan fingerprint density at radius 3 is 2.68 bits per heavy atom. The van der Waals surface area contributed by atoms with Crippen LogP contribution in [0.2, 0.25) is 0 Å². The second kappa shape index (κ2) is 5.50. The van der Waals surface area contributed by atoms with Crippen molar-refractivity contribution in [3.63, 3.8) is 0 Å². The summed E-state index contributed by atoms with van der Waals surface area (Å²) in [5.41, 5.74) is 8.84. The lowest BCUT2D eigenvalue weighted by Gasteiger charge is -2.22. The van der Waals surface area contributed by atoms with Gasteiger partial charge in [0, 0.05) is 18.0 Å². The largest absolute Gasteiger partial charge is 0.593 e. The Bertz CT molecular complexity index is 550. The van der Waals surface area contributed by atoms with Crippen LogP contribution in [0.5, 0.6) is 0 Å². The van der Waals surface area contributed by atoms with E-state index >= 15 is 0 Å². The molecule has 0 aliphatic rings. The highest BCUT2D eigenvalue weighted by Crippen LogP contribution is 2.31. The highest BCUT2D eigenvalue weighted by atomic mass is 32.2. The molecule has 1 heterocycles. The predicted octanol–water partition coefficient (Wildman–Crippen LogP) is 2.80. The minimum atomic E-state index is -1.31. The Kier molecular flexibility index (Phi) is 4.15. The molecule has 6 heteroatoms. The molecule has 0 saturated carbocycles. The van der Waals surface area contributed by atoms with E-state index in [2.05, 4.69) is 9.71 Å². The molecule has 1 aromatic heterocycles. The van der Waals surface area contributed by atoms with Crippen molar-refractivity contribution < 1.29 is 4.55 Å². The molecular formula is C13H17N3OS2. The van der Waals surface area contributed by atoms with Gasteiger partial charge in [0.2, 0.25) is 0 Å². The number of hydrogen-bond donors (Lipinski definition) is 2. The maximum absolute atomic E-state index is 12.5. The summed E-state index contributed by atoms with van der Waals surface area (Å²) in [6.07, 6.45) is 1.77. The standard InChI is InChI=1S/C13H17N3OS2/c1-13(2,3)16-19(17)12-6-9(14)4-5-10(12)11-7-15-8-18-11/h4-8,16H,14H2,1-3H3. The molecule has 0 saturated heterocycles. The van der Waals surface area contributed by atoms with Gasteiger partial charge in [-0.15, -0.1) is 16.1 Å². The van der Waals surface area contributed by atoms with Crippen molar-refractivity contribution in [2.24, 2.45) is 0 Å². The summed E-state index contributed by atoms with van der Waals surface area (Å²) in [7, 11) is 0.